The van der Waals surface area contributed by atoms with Crippen molar-refractivity contribution in [1.82, 2.24) is 4.98 Å². The molecular weight excluding hydrogens is 198 g/mol. The van der Waals surface area contributed by atoms with Crippen molar-refractivity contribution in [2.45, 2.75) is 13.3 Å². The van der Waals surface area contributed by atoms with Crippen LogP contribution in [-0.4, -0.2) is 10.1 Å². The molecule has 1 aromatic heterocycles. The summed E-state index contributed by atoms with van der Waals surface area (Å²) < 4.78 is 0. The first kappa shape index (κ1) is 9.28. The summed E-state index contributed by atoms with van der Waals surface area (Å²) in [6.07, 6.45) is 0.677. The summed E-state index contributed by atoms with van der Waals surface area (Å²) in [6.45, 7) is 1.94. The fraction of sp³-hybridized carbons (Fsp3) is 0.182. The normalized spacial score (nSPS) is 10.7. The highest BCUT2D eigenvalue weighted by atomic mass is 35.5. The fourth-order valence-corrected chi connectivity index (χ4v) is 1.77. The zero-order valence-electron chi connectivity index (χ0n) is 7.79. The van der Waals surface area contributed by atoms with Gasteiger partial charge in [0.2, 0.25) is 0 Å². The van der Waals surface area contributed by atoms with Gasteiger partial charge in [-0.25, -0.2) is 4.98 Å². The number of benzene rings is 1. The number of halogens is 1. The van der Waals surface area contributed by atoms with Gasteiger partial charge in [0.1, 0.15) is 10.9 Å². The van der Waals surface area contributed by atoms with Gasteiger partial charge in [-0.05, 0) is 6.42 Å². The molecule has 3 heteroatoms. The smallest absolute Gasteiger partial charge is 0.144 e. The highest BCUT2D eigenvalue weighted by Gasteiger charge is 2.09. The molecule has 0 fully saturated rings. The second-order valence-corrected chi connectivity index (χ2v) is 3.46. The van der Waals surface area contributed by atoms with Gasteiger partial charge in [-0.2, -0.15) is 0 Å². The summed E-state index contributed by atoms with van der Waals surface area (Å²) in [4.78, 5) is 4.13. The Morgan fingerprint density at radius 2 is 1.93 bits per heavy atom. The Labute approximate surface area is 87.2 Å². The molecule has 2 rings (SSSR count). The van der Waals surface area contributed by atoms with Crippen molar-refractivity contribution in [2.75, 3.05) is 0 Å². The lowest BCUT2D eigenvalue weighted by Gasteiger charge is -2.06. The van der Waals surface area contributed by atoms with Crippen LogP contribution in [0.25, 0.3) is 10.8 Å². The van der Waals surface area contributed by atoms with Gasteiger partial charge in [0, 0.05) is 10.8 Å². The molecule has 1 N–H and O–H groups in total. The zero-order valence-corrected chi connectivity index (χ0v) is 8.54. The van der Waals surface area contributed by atoms with Crippen molar-refractivity contribution in [3.8, 4) is 5.75 Å². The predicted molar refractivity (Wildman–Crippen MR) is 57.8 cm³/mol. The summed E-state index contributed by atoms with van der Waals surface area (Å²) in [5.41, 5.74) is 0.647. The average molecular weight is 208 g/mol. The van der Waals surface area contributed by atoms with E-state index in [1.54, 1.807) is 0 Å². The van der Waals surface area contributed by atoms with E-state index in [-0.39, 0.29) is 5.75 Å². The van der Waals surface area contributed by atoms with Crippen LogP contribution in [0.4, 0.5) is 0 Å². The molecule has 2 aromatic rings. The van der Waals surface area contributed by atoms with Gasteiger partial charge < -0.3 is 5.11 Å². The molecule has 0 unspecified atom stereocenters. The number of fused-ring (bicyclic) bond motifs is 1. The SMILES string of the molecule is CCc1nc(Cl)c2ccccc2c1O. The van der Waals surface area contributed by atoms with Crippen LogP contribution in [0.2, 0.25) is 5.15 Å². The second-order valence-electron chi connectivity index (χ2n) is 3.10. The highest BCUT2D eigenvalue weighted by Crippen LogP contribution is 2.31. The van der Waals surface area contributed by atoms with Crippen LogP contribution in [0.1, 0.15) is 12.6 Å². The van der Waals surface area contributed by atoms with Gasteiger partial charge in [-0.1, -0.05) is 42.8 Å². The molecule has 0 saturated heterocycles. The van der Waals surface area contributed by atoms with Crippen molar-refractivity contribution >= 4 is 22.4 Å². The van der Waals surface area contributed by atoms with E-state index >= 15 is 0 Å². The number of aromatic hydroxyl groups is 1. The third-order valence-electron chi connectivity index (χ3n) is 2.25. The predicted octanol–water partition coefficient (Wildman–Crippen LogP) is 3.16. The molecule has 1 aromatic carbocycles. The molecule has 0 aliphatic carbocycles. The third kappa shape index (κ3) is 1.32. The molecule has 0 bridgehead atoms. The van der Waals surface area contributed by atoms with E-state index in [4.69, 9.17) is 11.6 Å². The maximum absolute atomic E-state index is 9.85. The summed E-state index contributed by atoms with van der Waals surface area (Å²) >= 11 is 5.99. The van der Waals surface area contributed by atoms with E-state index in [0.29, 0.717) is 17.3 Å². The van der Waals surface area contributed by atoms with Gasteiger partial charge in [0.15, 0.2) is 0 Å². The molecule has 0 amide bonds. The summed E-state index contributed by atoms with van der Waals surface area (Å²) in [7, 11) is 0. The van der Waals surface area contributed by atoms with Crippen molar-refractivity contribution < 1.29 is 5.11 Å². The third-order valence-corrected chi connectivity index (χ3v) is 2.53. The number of rotatable bonds is 1. The lowest BCUT2D eigenvalue weighted by Crippen LogP contribution is -1.90. The number of hydrogen-bond donors (Lipinski definition) is 1. The van der Waals surface area contributed by atoms with Crippen LogP contribution in [-0.2, 0) is 6.42 Å². The minimum Gasteiger partial charge on any atom is -0.505 e. The number of hydrogen-bond acceptors (Lipinski definition) is 2. The Morgan fingerprint density at radius 3 is 2.57 bits per heavy atom. The first-order valence-electron chi connectivity index (χ1n) is 4.50. The topological polar surface area (TPSA) is 33.1 Å². The molecule has 0 aliphatic rings. The van der Waals surface area contributed by atoms with E-state index in [0.717, 1.165) is 10.8 Å². The number of pyridine rings is 1. The molecule has 72 valence electrons. The van der Waals surface area contributed by atoms with Gasteiger partial charge in [-0.3, -0.25) is 0 Å². The molecule has 0 atom stereocenters. The Balaban J connectivity index is 2.87. The van der Waals surface area contributed by atoms with Crippen LogP contribution in [0, 0.1) is 0 Å². The number of aryl methyl sites for hydroxylation is 1. The molecule has 2 nitrogen and oxygen atoms in total. The lowest BCUT2D eigenvalue weighted by atomic mass is 10.1. The van der Waals surface area contributed by atoms with Crippen LogP contribution in [0.3, 0.4) is 0 Å². The minimum atomic E-state index is 0.243. The van der Waals surface area contributed by atoms with Crippen molar-refractivity contribution in [1.29, 1.82) is 0 Å². The minimum absolute atomic E-state index is 0.243. The van der Waals surface area contributed by atoms with Crippen LogP contribution < -0.4 is 0 Å². The van der Waals surface area contributed by atoms with Crippen LogP contribution in [0.15, 0.2) is 24.3 Å². The molecular formula is C11H10ClNO. The monoisotopic (exact) mass is 207 g/mol. The fourth-order valence-electron chi connectivity index (χ4n) is 1.50. The summed E-state index contributed by atoms with van der Waals surface area (Å²) in [6, 6.07) is 7.44. The molecule has 1 heterocycles. The van der Waals surface area contributed by atoms with E-state index in [2.05, 4.69) is 4.98 Å². The second kappa shape index (κ2) is 3.46. The Kier molecular flexibility index (Phi) is 2.30. The molecule has 0 saturated carbocycles. The Morgan fingerprint density at radius 1 is 1.29 bits per heavy atom. The van der Waals surface area contributed by atoms with E-state index < -0.39 is 0 Å². The zero-order chi connectivity index (χ0) is 10.1. The number of aromatic nitrogens is 1. The largest absolute Gasteiger partial charge is 0.505 e. The van der Waals surface area contributed by atoms with E-state index in [9.17, 15) is 5.11 Å². The van der Waals surface area contributed by atoms with Crippen molar-refractivity contribution in [3.05, 3.63) is 35.1 Å². The Hall–Kier alpha value is -1.28. The first-order valence-corrected chi connectivity index (χ1v) is 4.88. The standard InChI is InChI=1S/C11H10ClNO/c1-2-9-10(14)7-5-3-4-6-8(7)11(12)13-9/h3-6,14H,2H2,1H3. The summed E-state index contributed by atoms with van der Waals surface area (Å²) in [5.74, 6) is 0.243. The lowest BCUT2D eigenvalue weighted by molar-refractivity contribution is 0.471. The van der Waals surface area contributed by atoms with Crippen molar-refractivity contribution in [3.63, 3.8) is 0 Å². The number of nitrogens with zero attached hydrogens (tertiary/aromatic N) is 1. The maximum Gasteiger partial charge on any atom is 0.144 e. The Bertz CT molecular complexity index is 482. The van der Waals surface area contributed by atoms with E-state index in [1.807, 2.05) is 31.2 Å². The highest BCUT2D eigenvalue weighted by molar-refractivity contribution is 6.34. The van der Waals surface area contributed by atoms with Crippen molar-refractivity contribution in [2.24, 2.45) is 0 Å². The van der Waals surface area contributed by atoms with Gasteiger partial charge in [-0.15, -0.1) is 0 Å². The van der Waals surface area contributed by atoms with E-state index in [1.165, 1.54) is 0 Å². The first-order chi connectivity index (χ1) is 6.74. The molecule has 0 aliphatic heterocycles. The maximum atomic E-state index is 9.85. The van der Waals surface area contributed by atoms with Gasteiger partial charge in [0.05, 0.1) is 5.69 Å². The molecule has 14 heavy (non-hydrogen) atoms. The van der Waals surface area contributed by atoms with Gasteiger partial charge >= 0.3 is 0 Å². The average Bonchev–Trinajstić information content (AvgIpc) is 2.23. The molecule has 0 radical (unpaired) electrons. The van der Waals surface area contributed by atoms with Crippen LogP contribution >= 0.6 is 11.6 Å². The quantitative estimate of drug-likeness (QED) is 0.729. The van der Waals surface area contributed by atoms with Gasteiger partial charge in [0.25, 0.3) is 0 Å². The van der Waals surface area contributed by atoms with Crippen LogP contribution in [0.5, 0.6) is 5.75 Å². The summed E-state index contributed by atoms with van der Waals surface area (Å²) in [5, 5.41) is 11.9. The molecule has 0 spiro atoms.